The van der Waals surface area contributed by atoms with Gasteiger partial charge in [0.05, 0.1) is 25.8 Å². The average molecular weight is 405 g/mol. The van der Waals surface area contributed by atoms with Crippen LogP contribution in [0.5, 0.6) is 0 Å². The Labute approximate surface area is 172 Å². The summed E-state index contributed by atoms with van der Waals surface area (Å²) >= 11 is 0. The van der Waals surface area contributed by atoms with E-state index in [2.05, 4.69) is 25.2 Å². The van der Waals surface area contributed by atoms with Crippen LogP contribution in [-0.4, -0.2) is 79.5 Å². The number of piperazine rings is 1. The van der Waals surface area contributed by atoms with Crippen molar-refractivity contribution in [1.82, 2.24) is 20.4 Å². The van der Waals surface area contributed by atoms with Gasteiger partial charge in [-0.15, -0.1) is 0 Å². The Balaban J connectivity index is 1.68. The van der Waals surface area contributed by atoms with E-state index in [1.807, 2.05) is 20.8 Å². The van der Waals surface area contributed by atoms with E-state index < -0.39 is 0 Å². The van der Waals surface area contributed by atoms with E-state index in [1.54, 1.807) is 24.3 Å². The van der Waals surface area contributed by atoms with Crippen LogP contribution in [0, 0.1) is 0 Å². The van der Waals surface area contributed by atoms with Crippen molar-refractivity contribution in [2.75, 3.05) is 46.4 Å². The van der Waals surface area contributed by atoms with Crippen LogP contribution in [0.4, 0.5) is 0 Å². The molecule has 1 aromatic carbocycles. The molecule has 0 radical (unpaired) electrons. The molecule has 1 heterocycles. The number of hydrogen-bond donors (Lipinski definition) is 2. The second-order valence-electron chi connectivity index (χ2n) is 8.32. The Kier molecular flexibility index (Phi) is 8.16. The summed E-state index contributed by atoms with van der Waals surface area (Å²) in [7, 11) is 1.34. The van der Waals surface area contributed by atoms with Crippen molar-refractivity contribution in [2.24, 2.45) is 0 Å². The molecular weight excluding hydrogens is 372 g/mol. The first-order chi connectivity index (χ1) is 13.7. The van der Waals surface area contributed by atoms with Gasteiger partial charge in [-0.1, -0.05) is 12.1 Å². The summed E-state index contributed by atoms with van der Waals surface area (Å²) in [5.41, 5.74) is 1.17. The number of carbonyl (C=O) groups excluding carboxylic acids is 3. The molecule has 1 aliphatic heterocycles. The van der Waals surface area contributed by atoms with Crippen molar-refractivity contribution in [3.8, 4) is 0 Å². The van der Waals surface area contributed by atoms with Gasteiger partial charge in [-0.25, -0.2) is 4.79 Å². The number of hydrogen-bond acceptors (Lipinski definition) is 6. The highest BCUT2D eigenvalue weighted by Crippen LogP contribution is 2.06. The second kappa shape index (κ2) is 10.4. The van der Waals surface area contributed by atoms with E-state index in [0.717, 1.165) is 31.7 Å². The average Bonchev–Trinajstić information content (AvgIpc) is 2.66. The van der Waals surface area contributed by atoms with Crippen LogP contribution in [0.3, 0.4) is 0 Å². The molecule has 0 aromatic heterocycles. The highest BCUT2D eigenvalue weighted by Gasteiger charge is 2.22. The lowest BCUT2D eigenvalue weighted by Gasteiger charge is -2.34. The zero-order valence-corrected chi connectivity index (χ0v) is 17.8. The smallest absolute Gasteiger partial charge is 0.337 e. The Morgan fingerprint density at radius 2 is 1.45 bits per heavy atom. The molecule has 1 fully saturated rings. The molecule has 0 spiro atoms. The van der Waals surface area contributed by atoms with E-state index in [0.29, 0.717) is 25.2 Å². The second-order valence-corrected chi connectivity index (χ2v) is 8.32. The minimum Gasteiger partial charge on any atom is -0.465 e. The van der Waals surface area contributed by atoms with Crippen LogP contribution in [-0.2, 0) is 20.9 Å². The summed E-state index contributed by atoms with van der Waals surface area (Å²) < 4.78 is 4.67. The maximum atomic E-state index is 12.2. The lowest BCUT2D eigenvalue weighted by atomic mass is 10.1. The fraction of sp³-hybridized carbons (Fsp3) is 0.571. The van der Waals surface area contributed by atoms with Crippen LogP contribution < -0.4 is 10.6 Å². The van der Waals surface area contributed by atoms with Crippen molar-refractivity contribution < 1.29 is 19.1 Å². The van der Waals surface area contributed by atoms with E-state index in [4.69, 9.17) is 0 Å². The van der Waals surface area contributed by atoms with Gasteiger partial charge in [-0.3, -0.25) is 19.4 Å². The first kappa shape index (κ1) is 22.8. The summed E-state index contributed by atoms with van der Waals surface area (Å²) in [4.78, 5) is 39.9. The van der Waals surface area contributed by atoms with Crippen LogP contribution in [0.1, 0.15) is 36.7 Å². The fourth-order valence-electron chi connectivity index (χ4n) is 3.10. The van der Waals surface area contributed by atoms with Crippen molar-refractivity contribution in [3.05, 3.63) is 35.4 Å². The number of nitrogens with zero attached hydrogens (tertiary/aromatic N) is 2. The summed E-state index contributed by atoms with van der Waals surface area (Å²) in [6, 6.07) is 6.96. The number of amides is 2. The van der Waals surface area contributed by atoms with E-state index in [9.17, 15) is 14.4 Å². The van der Waals surface area contributed by atoms with Gasteiger partial charge < -0.3 is 15.4 Å². The SMILES string of the molecule is COC(=O)c1ccc(CNC(=O)CN2CCN(CC(=O)NC(C)(C)C)CC2)cc1. The topological polar surface area (TPSA) is 91.0 Å². The van der Waals surface area contributed by atoms with Gasteiger partial charge in [-0.2, -0.15) is 0 Å². The van der Waals surface area contributed by atoms with E-state index >= 15 is 0 Å². The van der Waals surface area contributed by atoms with Gasteiger partial charge in [0, 0.05) is 38.3 Å². The third kappa shape index (κ3) is 8.21. The van der Waals surface area contributed by atoms with Gasteiger partial charge in [0.25, 0.3) is 0 Å². The Bertz CT molecular complexity index is 704. The number of rotatable bonds is 7. The zero-order valence-electron chi connectivity index (χ0n) is 17.8. The van der Waals surface area contributed by atoms with Crippen LogP contribution in [0.15, 0.2) is 24.3 Å². The molecule has 0 saturated carbocycles. The standard InChI is InChI=1S/C21H32N4O4/c1-21(2,3)23-19(27)15-25-11-9-24(10-12-25)14-18(26)22-13-16-5-7-17(8-6-16)20(28)29-4/h5-8H,9-15H2,1-4H3,(H,22,26)(H,23,27). The van der Waals surface area contributed by atoms with Gasteiger partial charge >= 0.3 is 5.97 Å². The molecule has 1 aliphatic rings. The van der Waals surface area contributed by atoms with Gasteiger partial charge in [-0.05, 0) is 38.5 Å². The molecule has 2 N–H and O–H groups in total. The largest absolute Gasteiger partial charge is 0.465 e. The number of benzene rings is 1. The van der Waals surface area contributed by atoms with Gasteiger partial charge in [0.2, 0.25) is 11.8 Å². The molecular formula is C21H32N4O4. The van der Waals surface area contributed by atoms with Crippen molar-refractivity contribution in [3.63, 3.8) is 0 Å². The van der Waals surface area contributed by atoms with Gasteiger partial charge in [0.1, 0.15) is 0 Å². The third-order valence-electron chi connectivity index (χ3n) is 4.58. The summed E-state index contributed by atoms with van der Waals surface area (Å²) in [5.74, 6) is -0.390. The lowest BCUT2D eigenvalue weighted by molar-refractivity contribution is -0.125. The Morgan fingerprint density at radius 3 is 1.93 bits per heavy atom. The third-order valence-corrected chi connectivity index (χ3v) is 4.58. The number of esters is 1. The van der Waals surface area contributed by atoms with Crippen LogP contribution in [0.25, 0.3) is 0 Å². The highest BCUT2D eigenvalue weighted by molar-refractivity contribution is 5.89. The number of methoxy groups -OCH3 is 1. The number of ether oxygens (including phenoxy) is 1. The monoisotopic (exact) mass is 404 g/mol. The minimum atomic E-state index is -0.379. The molecule has 2 amide bonds. The summed E-state index contributed by atoms with van der Waals surface area (Å²) in [6.45, 7) is 10.1. The predicted molar refractivity (Wildman–Crippen MR) is 110 cm³/mol. The molecule has 0 unspecified atom stereocenters. The normalized spacial score (nSPS) is 15.6. The maximum Gasteiger partial charge on any atom is 0.337 e. The van der Waals surface area contributed by atoms with Crippen LogP contribution in [0.2, 0.25) is 0 Å². The number of carbonyl (C=O) groups is 3. The Hall–Kier alpha value is -2.45. The van der Waals surface area contributed by atoms with Gasteiger partial charge in [0.15, 0.2) is 0 Å². The molecule has 0 aliphatic carbocycles. The molecule has 8 heteroatoms. The van der Waals surface area contributed by atoms with E-state index in [-0.39, 0.29) is 23.3 Å². The molecule has 160 valence electrons. The van der Waals surface area contributed by atoms with E-state index in [1.165, 1.54) is 7.11 Å². The molecule has 0 bridgehead atoms. The Morgan fingerprint density at radius 1 is 0.931 bits per heavy atom. The van der Waals surface area contributed by atoms with Crippen molar-refractivity contribution >= 4 is 17.8 Å². The minimum absolute atomic E-state index is 0.0295. The molecule has 1 saturated heterocycles. The lowest BCUT2D eigenvalue weighted by Crippen LogP contribution is -2.53. The molecule has 0 atom stereocenters. The van der Waals surface area contributed by atoms with Crippen molar-refractivity contribution in [2.45, 2.75) is 32.9 Å². The summed E-state index contributed by atoms with van der Waals surface area (Å²) in [6.07, 6.45) is 0. The summed E-state index contributed by atoms with van der Waals surface area (Å²) in [5, 5.41) is 5.87. The number of nitrogens with one attached hydrogen (secondary N) is 2. The molecule has 1 aromatic rings. The zero-order chi connectivity index (χ0) is 21.4. The highest BCUT2D eigenvalue weighted by atomic mass is 16.5. The van der Waals surface area contributed by atoms with Crippen molar-refractivity contribution in [1.29, 1.82) is 0 Å². The first-order valence-corrected chi connectivity index (χ1v) is 9.86. The molecule has 8 nitrogen and oxygen atoms in total. The quantitative estimate of drug-likeness (QED) is 0.648. The maximum absolute atomic E-state index is 12.2. The predicted octanol–water partition coefficient (Wildman–Crippen LogP) is 0.622. The molecule has 29 heavy (non-hydrogen) atoms. The fourth-order valence-corrected chi connectivity index (χ4v) is 3.10. The van der Waals surface area contributed by atoms with Crippen LogP contribution >= 0.6 is 0 Å². The first-order valence-electron chi connectivity index (χ1n) is 9.86. The molecule has 2 rings (SSSR count).